The Balaban J connectivity index is 1.41. The number of hydrogen-bond acceptors (Lipinski definition) is 9. The number of carbonyl (C=O) groups is 4. The number of aromatic nitrogens is 1. The number of amides is 3. The molecule has 0 aliphatic carbocycles. The molecule has 4 aromatic rings. The molecule has 0 bridgehead atoms. The molecule has 0 radical (unpaired) electrons. The van der Waals surface area contributed by atoms with Crippen molar-refractivity contribution in [2.45, 2.75) is 12.5 Å². The fourth-order valence-electron chi connectivity index (χ4n) is 5.18. The van der Waals surface area contributed by atoms with Gasteiger partial charge in [-0.3, -0.25) is 24.2 Å². The number of thiophene rings is 1. The molecule has 13 heteroatoms. The Hall–Kier alpha value is -5.43. The summed E-state index contributed by atoms with van der Waals surface area (Å²) in [5.74, 6) is -1.22. The van der Waals surface area contributed by atoms with Crippen LogP contribution in [0.15, 0.2) is 78.4 Å². The molecule has 0 spiro atoms. The van der Waals surface area contributed by atoms with Crippen LogP contribution in [0.25, 0.3) is 0 Å². The number of anilines is 2. The average molecular weight is 644 g/mol. The predicted molar refractivity (Wildman–Crippen MR) is 173 cm³/mol. The zero-order valence-electron chi connectivity index (χ0n) is 25.3. The Kier molecular flexibility index (Phi) is 10.1. The third-order valence-electron chi connectivity index (χ3n) is 7.54. The summed E-state index contributed by atoms with van der Waals surface area (Å²) >= 11 is 1.35. The van der Waals surface area contributed by atoms with Crippen LogP contribution in [0.4, 0.5) is 11.4 Å². The standard InChI is InChI=1S/C33H33N5O7S/c1-44-27-10-8-22(18-28(27)45-2)32(42)35-24-17-21(31(41)36-25(19-30(39)40)29-6-4-16-46-29)7-9-26(24)37-12-14-38(15-13-37)33(43)23-5-3-11-34-20-23/h3-11,16-18,20,25H,12-15,19H2,1-2H3,(H,35,42)(H,36,41)(H,39,40). The zero-order chi connectivity index (χ0) is 32.6. The van der Waals surface area contributed by atoms with Crippen LogP contribution in [0, 0.1) is 0 Å². The van der Waals surface area contributed by atoms with Crippen molar-refractivity contribution < 1.29 is 33.8 Å². The summed E-state index contributed by atoms with van der Waals surface area (Å²) < 4.78 is 10.7. The molecule has 2 aromatic heterocycles. The second kappa shape index (κ2) is 14.6. The Labute approximate surface area is 269 Å². The molecule has 2 aromatic carbocycles. The van der Waals surface area contributed by atoms with E-state index < -0.39 is 23.8 Å². The summed E-state index contributed by atoms with van der Waals surface area (Å²) in [5.41, 5.74) is 2.11. The first-order valence-electron chi connectivity index (χ1n) is 14.4. The maximum atomic E-state index is 13.5. The Morgan fingerprint density at radius 3 is 2.28 bits per heavy atom. The number of pyridine rings is 1. The third kappa shape index (κ3) is 7.44. The Morgan fingerprint density at radius 1 is 0.891 bits per heavy atom. The van der Waals surface area contributed by atoms with Crippen LogP contribution in [0.1, 0.15) is 48.4 Å². The molecule has 3 heterocycles. The molecule has 1 saturated heterocycles. The highest BCUT2D eigenvalue weighted by atomic mass is 32.1. The quantitative estimate of drug-likeness (QED) is 0.217. The van der Waals surface area contributed by atoms with Crippen molar-refractivity contribution in [3.63, 3.8) is 0 Å². The largest absolute Gasteiger partial charge is 0.493 e. The highest BCUT2D eigenvalue weighted by molar-refractivity contribution is 7.10. The zero-order valence-corrected chi connectivity index (χ0v) is 26.1. The van der Waals surface area contributed by atoms with Gasteiger partial charge in [0.05, 0.1) is 43.6 Å². The highest BCUT2D eigenvalue weighted by Crippen LogP contribution is 2.32. The number of carboxylic acids is 1. The second-order valence-corrected chi connectivity index (χ2v) is 11.4. The third-order valence-corrected chi connectivity index (χ3v) is 8.53. The van der Waals surface area contributed by atoms with E-state index in [0.29, 0.717) is 65.1 Å². The summed E-state index contributed by atoms with van der Waals surface area (Å²) in [7, 11) is 2.98. The van der Waals surface area contributed by atoms with Crippen molar-refractivity contribution in [3.05, 3.63) is 100 Å². The molecule has 5 rings (SSSR count). The number of methoxy groups -OCH3 is 2. The van der Waals surface area contributed by atoms with E-state index in [4.69, 9.17) is 9.47 Å². The van der Waals surface area contributed by atoms with Gasteiger partial charge in [0, 0.05) is 54.6 Å². The Bertz CT molecular complexity index is 1710. The summed E-state index contributed by atoms with van der Waals surface area (Å²) in [4.78, 5) is 60.0. The number of hydrogen-bond donors (Lipinski definition) is 3. The van der Waals surface area contributed by atoms with Gasteiger partial charge in [0.1, 0.15) is 0 Å². The van der Waals surface area contributed by atoms with Crippen molar-refractivity contribution >= 4 is 46.4 Å². The van der Waals surface area contributed by atoms with Crippen LogP contribution in [0.5, 0.6) is 11.5 Å². The lowest BCUT2D eigenvalue weighted by Crippen LogP contribution is -2.49. The average Bonchev–Trinajstić information content (AvgIpc) is 3.63. The van der Waals surface area contributed by atoms with Gasteiger partial charge in [-0.25, -0.2) is 0 Å². The van der Waals surface area contributed by atoms with Crippen LogP contribution in [0.3, 0.4) is 0 Å². The summed E-state index contributed by atoms with van der Waals surface area (Å²) in [6, 6.07) is 16.0. The summed E-state index contributed by atoms with van der Waals surface area (Å²) in [6.45, 7) is 1.85. The van der Waals surface area contributed by atoms with Gasteiger partial charge >= 0.3 is 5.97 Å². The van der Waals surface area contributed by atoms with E-state index in [-0.39, 0.29) is 17.9 Å². The van der Waals surface area contributed by atoms with Crippen LogP contribution >= 0.6 is 11.3 Å². The molecule has 1 aliphatic rings. The molecular weight excluding hydrogens is 610 g/mol. The van der Waals surface area contributed by atoms with Gasteiger partial charge in [0.2, 0.25) is 0 Å². The number of aliphatic carboxylic acids is 1. The van der Waals surface area contributed by atoms with E-state index in [9.17, 15) is 24.3 Å². The second-order valence-electron chi connectivity index (χ2n) is 10.4. The number of ether oxygens (including phenoxy) is 2. The van der Waals surface area contributed by atoms with E-state index in [2.05, 4.69) is 15.6 Å². The maximum Gasteiger partial charge on any atom is 0.305 e. The monoisotopic (exact) mass is 643 g/mol. The van der Waals surface area contributed by atoms with Crippen LogP contribution in [0.2, 0.25) is 0 Å². The van der Waals surface area contributed by atoms with Gasteiger partial charge in [-0.15, -0.1) is 11.3 Å². The number of nitrogens with zero attached hydrogens (tertiary/aromatic N) is 3. The van der Waals surface area contributed by atoms with Crippen LogP contribution < -0.4 is 25.0 Å². The first-order valence-corrected chi connectivity index (χ1v) is 15.3. The molecule has 3 amide bonds. The normalized spacial score (nSPS) is 13.4. The minimum atomic E-state index is -1.04. The van der Waals surface area contributed by atoms with Gasteiger partial charge in [0.15, 0.2) is 11.5 Å². The van der Waals surface area contributed by atoms with Gasteiger partial charge in [-0.2, -0.15) is 0 Å². The molecule has 238 valence electrons. The smallest absolute Gasteiger partial charge is 0.305 e. The van der Waals surface area contributed by atoms with Crippen molar-refractivity contribution in [2.24, 2.45) is 0 Å². The number of nitrogens with one attached hydrogen (secondary N) is 2. The fourth-order valence-corrected chi connectivity index (χ4v) is 5.95. The number of piperazine rings is 1. The van der Waals surface area contributed by atoms with Crippen molar-refractivity contribution in [1.29, 1.82) is 0 Å². The number of carboxylic acid groups (broad SMARTS) is 1. The molecular formula is C33H33N5O7S. The van der Waals surface area contributed by atoms with Gasteiger partial charge in [0.25, 0.3) is 17.7 Å². The lowest BCUT2D eigenvalue weighted by molar-refractivity contribution is -0.137. The SMILES string of the molecule is COc1ccc(C(=O)Nc2cc(C(=O)NC(CC(=O)O)c3cccs3)ccc2N2CCN(C(=O)c3cccnc3)CC2)cc1OC. The Morgan fingerprint density at radius 2 is 1.63 bits per heavy atom. The predicted octanol–water partition coefficient (Wildman–Crippen LogP) is 4.32. The minimum Gasteiger partial charge on any atom is -0.493 e. The van der Waals surface area contributed by atoms with Gasteiger partial charge in [-0.1, -0.05) is 6.07 Å². The van der Waals surface area contributed by atoms with E-state index in [1.165, 1.54) is 25.6 Å². The lowest BCUT2D eigenvalue weighted by Gasteiger charge is -2.37. The van der Waals surface area contributed by atoms with Crippen molar-refractivity contribution in [3.8, 4) is 11.5 Å². The van der Waals surface area contributed by atoms with Crippen LogP contribution in [-0.4, -0.2) is 79.1 Å². The first-order chi connectivity index (χ1) is 22.3. The lowest BCUT2D eigenvalue weighted by atomic mass is 10.1. The van der Waals surface area contributed by atoms with Crippen molar-refractivity contribution in [2.75, 3.05) is 50.6 Å². The maximum absolute atomic E-state index is 13.5. The molecule has 0 saturated carbocycles. The van der Waals surface area contributed by atoms with Crippen LogP contribution in [-0.2, 0) is 4.79 Å². The number of benzene rings is 2. The molecule has 1 atom stereocenters. The number of carbonyl (C=O) groups excluding carboxylic acids is 3. The van der Waals surface area contributed by atoms with E-state index in [1.807, 2.05) is 10.3 Å². The molecule has 46 heavy (non-hydrogen) atoms. The van der Waals surface area contributed by atoms with Gasteiger partial charge < -0.3 is 35.0 Å². The molecule has 1 fully saturated rings. The topological polar surface area (TPSA) is 150 Å². The van der Waals surface area contributed by atoms with E-state index >= 15 is 0 Å². The van der Waals surface area contributed by atoms with E-state index in [1.54, 1.807) is 78.0 Å². The molecule has 12 nitrogen and oxygen atoms in total. The molecule has 3 N–H and O–H groups in total. The first kappa shape index (κ1) is 32.0. The minimum absolute atomic E-state index is 0.108. The van der Waals surface area contributed by atoms with E-state index in [0.717, 1.165) is 0 Å². The van der Waals surface area contributed by atoms with Crippen molar-refractivity contribution in [1.82, 2.24) is 15.2 Å². The summed E-state index contributed by atoms with van der Waals surface area (Å²) in [6.07, 6.45) is 2.88. The van der Waals surface area contributed by atoms with Gasteiger partial charge in [-0.05, 0) is 60.0 Å². The summed E-state index contributed by atoms with van der Waals surface area (Å²) in [5, 5.41) is 17.0. The fraction of sp³-hybridized carbons (Fsp3) is 0.242. The molecule has 1 aliphatic heterocycles. The molecule has 1 unspecified atom stereocenters. The number of rotatable bonds is 11. The highest BCUT2D eigenvalue weighted by Gasteiger charge is 2.26.